The zero-order chi connectivity index (χ0) is 26.1. The van der Waals surface area contributed by atoms with Crippen LogP contribution in [0.1, 0.15) is 58.3 Å². The average molecular weight is 509 g/mol. The van der Waals surface area contributed by atoms with Gasteiger partial charge in [-0.1, -0.05) is 42.5 Å². The van der Waals surface area contributed by atoms with Crippen LogP contribution in [-0.4, -0.2) is 63.7 Å². The van der Waals surface area contributed by atoms with Crippen molar-refractivity contribution in [1.82, 2.24) is 24.2 Å². The van der Waals surface area contributed by atoms with Crippen LogP contribution in [0.15, 0.2) is 66.9 Å². The van der Waals surface area contributed by atoms with Gasteiger partial charge in [0, 0.05) is 38.4 Å². The van der Waals surface area contributed by atoms with Gasteiger partial charge in [-0.2, -0.15) is 0 Å². The molecule has 7 nitrogen and oxygen atoms in total. The van der Waals surface area contributed by atoms with Gasteiger partial charge in [-0.25, -0.2) is 4.98 Å². The van der Waals surface area contributed by atoms with Crippen LogP contribution < -0.4 is 4.90 Å². The fourth-order valence-electron chi connectivity index (χ4n) is 6.23. The number of fused-ring (bicyclic) bond motifs is 2. The highest BCUT2D eigenvalue weighted by Crippen LogP contribution is 2.35. The molecule has 4 heterocycles. The molecule has 7 heteroatoms. The van der Waals surface area contributed by atoms with Crippen molar-refractivity contribution >= 4 is 17.8 Å². The van der Waals surface area contributed by atoms with Crippen LogP contribution in [-0.2, 0) is 19.5 Å². The lowest BCUT2D eigenvalue weighted by molar-refractivity contribution is 0.111. The lowest BCUT2D eigenvalue weighted by atomic mass is 9.90. The molecule has 196 valence electrons. The summed E-state index contributed by atoms with van der Waals surface area (Å²) in [5.41, 5.74) is 6.06. The minimum absolute atomic E-state index is 0.184. The first-order valence-electron chi connectivity index (χ1n) is 13.7. The lowest BCUT2D eigenvalue weighted by Crippen LogP contribution is -2.32. The Morgan fingerprint density at radius 1 is 1.00 bits per heavy atom. The molecule has 0 spiro atoms. The summed E-state index contributed by atoms with van der Waals surface area (Å²) in [6.45, 7) is 3.28. The highest BCUT2D eigenvalue weighted by atomic mass is 16.1. The molecule has 2 atom stereocenters. The summed E-state index contributed by atoms with van der Waals surface area (Å²) < 4.78 is 2.06. The molecule has 0 bridgehead atoms. The fraction of sp³-hybridized carbons (Fsp3) is 0.387. The Morgan fingerprint density at radius 2 is 1.87 bits per heavy atom. The molecule has 0 N–H and O–H groups in total. The van der Waals surface area contributed by atoms with Gasteiger partial charge in [-0.3, -0.25) is 19.1 Å². The third kappa shape index (κ3) is 4.72. The molecule has 3 aromatic heterocycles. The number of benzene rings is 1. The van der Waals surface area contributed by atoms with E-state index < -0.39 is 0 Å². The summed E-state index contributed by atoms with van der Waals surface area (Å²) >= 11 is 0. The first-order valence-corrected chi connectivity index (χ1v) is 13.7. The van der Waals surface area contributed by atoms with E-state index >= 15 is 0 Å². The van der Waals surface area contributed by atoms with Crippen LogP contribution in [0.5, 0.6) is 0 Å². The molecule has 1 aromatic carbocycles. The predicted molar refractivity (Wildman–Crippen MR) is 150 cm³/mol. The lowest BCUT2D eigenvalue weighted by Gasteiger charge is -2.35. The highest BCUT2D eigenvalue weighted by Gasteiger charge is 2.30. The van der Waals surface area contributed by atoms with Crippen LogP contribution in [0.4, 0.5) is 5.82 Å². The number of aryl methyl sites for hydroxylation is 1. The summed E-state index contributed by atoms with van der Waals surface area (Å²) in [6, 6.07) is 21.7. The second-order valence-electron chi connectivity index (χ2n) is 10.8. The molecule has 4 aromatic rings. The summed E-state index contributed by atoms with van der Waals surface area (Å²) in [5, 5.41) is 0. The molecule has 1 saturated heterocycles. The third-order valence-corrected chi connectivity index (χ3v) is 8.25. The molecule has 6 rings (SSSR count). The smallest absolute Gasteiger partial charge is 0.168 e. The molecule has 0 radical (unpaired) electrons. The monoisotopic (exact) mass is 508 g/mol. The first-order chi connectivity index (χ1) is 18.6. The van der Waals surface area contributed by atoms with Crippen molar-refractivity contribution in [1.29, 1.82) is 0 Å². The van der Waals surface area contributed by atoms with Gasteiger partial charge in [0.05, 0.1) is 17.4 Å². The molecular weight excluding hydrogens is 472 g/mol. The van der Waals surface area contributed by atoms with Gasteiger partial charge in [0.1, 0.15) is 17.2 Å². The maximum atomic E-state index is 12.6. The molecule has 0 unspecified atom stereocenters. The summed E-state index contributed by atoms with van der Waals surface area (Å²) in [4.78, 5) is 29.6. The van der Waals surface area contributed by atoms with Crippen molar-refractivity contribution < 1.29 is 4.79 Å². The molecule has 1 aliphatic carbocycles. The van der Waals surface area contributed by atoms with Crippen molar-refractivity contribution in [2.45, 2.75) is 50.9 Å². The summed E-state index contributed by atoms with van der Waals surface area (Å²) in [5.74, 6) is 1.05. The first kappa shape index (κ1) is 24.8. The maximum Gasteiger partial charge on any atom is 0.168 e. The molecule has 0 amide bonds. The van der Waals surface area contributed by atoms with E-state index in [1.54, 1.807) is 0 Å². The van der Waals surface area contributed by atoms with Crippen LogP contribution in [0.2, 0.25) is 0 Å². The number of rotatable bonds is 8. The highest BCUT2D eigenvalue weighted by molar-refractivity contribution is 5.78. The Kier molecular flexibility index (Phi) is 6.96. The molecule has 2 aliphatic rings. The molecular formula is C31H36N6O. The number of pyridine rings is 2. The normalized spacial score (nSPS) is 19.4. The van der Waals surface area contributed by atoms with Gasteiger partial charge in [0.25, 0.3) is 0 Å². The van der Waals surface area contributed by atoms with Crippen molar-refractivity contribution in [2.24, 2.45) is 0 Å². The number of aldehydes is 1. The van der Waals surface area contributed by atoms with Gasteiger partial charge in [0.15, 0.2) is 6.29 Å². The maximum absolute atomic E-state index is 12.6. The predicted octanol–water partition coefficient (Wildman–Crippen LogP) is 4.76. The number of anilines is 1. The molecule has 0 saturated carbocycles. The summed E-state index contributed by atoms with van der Waals surface area (Å²) in [6.07, 6.45) is 7.26. The number of carbonyl (C=O) groups is 1. The standard InChI is InChI=1S/C31H36N6O/c1-34(2)25-16-18-35(20-25)30-15-7-14-29-33-26(28(22-38)37(29)30)21-36(19-23-9-4-3-5-10-23)27-13-6-11-24-12-8-17-32-31(24)27/h3-5,7-10,12,14-15,17,22,25,27H,6,11,13,16,18-21H2,1-2H3/t25-,27+/m1/s1. The number of nitrogens with zero attached hydrogens (tertiary/aromatic N) is 6. The number of imidazole rings is 1. The van der Waals surface area contributed by atoms with Gasteiger partial charge in [-0.15, -0.1) is 0 Å². The SMILES string of the molecule is CN(C)[C@@H]1CCN(c2cccc3nc(CN(Cc4ccccc4)[C@H]4CCCc5cccnc54)c(C=O)n23)C1. The van der Waals surface area contributed by atoms with Crippen LogP contribution >= 0.6 is 0 Å². The Morgan fingerprint density at radius 3 is 2.66 bits per heavy atom. The quantitative estimate of drug-likeness (QED) is 0.320. The molecule has 1 aliphatic heterocycles. The topological polar surface area (TPSA) is 57.0 Å². The molecule has 1 fully saturated rings. The zero-order valence-electron chi connectivity index (χ0n) is 22.3. The summed E-state index contributed by atoms with van der Waals surface area (Å²) in [7, 11) is 4.28. The number of aromatic nitrogens is 3. The van der Waals surface area contributed by atoms with Gasteiger partial charge >= 0.3 is 0 Å². The van der Waals surface area contributed by atoms with E-state index in [0.717, 1.165) is 68.8 Å². The van der Waals surface area contributed by atoms with E-state index in [-0.39, 0.29) is 6.04 Å². The number of hydrogen-bond donors (Lipinski definition) is 0. The third-order valence-electron chi connectivity index (χ3n) is 8.25. The number of likely N-dealkylation sites (N-methyl/N-ethyl adjacent to an activating group) is 1. The minimum atomic E-state index is 0.184. The van der Waals surface area contributed by atoms with Crippen molar-refractivity contribution in [3.05, 3.63) is 95.1 Å². The van der Waals surface area contributed by atoms with Crippen LogP contribution in [0.25, 0.3) is 5.65 Å². The number of hydrogen-bond acceptors (Lipinski definition) is 6. The van der Waals surface area contributed by atoms with Crippen molar-refractivity contribution in [3.63, 3.8) is 0 Å². The number of carbonyl (C=O) groups excluding carboxylic acids is 1. The Hall–Kier alpha value is -3.55. The van der Waals surface area contributed by atoms with Crippen molar-refractivity contribution in [3.8, 4) is 0 Å². The van der Waals surface area contributed by atoms with E-state index in [2.05, 4.69) is 81.7 Å². The van der Waals surface area contributed by atoms with E-state index in [1.165, 1.54) is 16.8 Å². The minimum Gasteiger partial charge on any atom is -0.356 e. The van der Waals surface area contributed by atoms with Crippen LogP contribution in [0.3, 0.4) is 0 Å². The van der Waals surface area contributed by atoms with Gasteiger partial charge in [-0.05, 0) is 69.1 Å². The van der Waals surface area contributed by atoms with Gasteiger partial charge < -0.3 is 9.80 Å². The van der Waals surface area contributed by atoms with Gasteiger partial charge in [0.2, 0.25) is 0 Å². The molecule has 38 heavy (non-hydrogen) atoms. The Bertz CT molecular complexity index is 1410. The van der Waals surface area contributed by atoms with Crippen molar-refractivity contribution in [2.75, 3.05) is 32.1 Å². The van der Waals surface area contributed by atoms with E-state index in [1.807, 2.05) is 18.3 Å². The largest absolute Gasteiger partial charge is 0.356 e. The fourth-order valence-corrected chi connectivity index (χ4v) is 6.23. The Balaban J connectivity index is 1.38. The van der Waals surface area contributed by atoms with E-state index in [0.29, 0.717) is 18.3 Å². The zero-order valence-corrected chi connectivity index (χ0v) is 22.3. The second kappa shape index (κ2) is 10.7. The van der Waals surface area contributed by atoms with Crippen LogP contribution in [0, 0.1) is 0 Å². The second-order valence-corrected chi connectivity index (χ2v) is 10.8. The van der Waals surface area contributed by atoms with E-state index in [4.69, 9.17) is 9.97 Å². The average Bonchev–Trinajstić information content (AvgIpc) is 3.58. The van der Waals surface area contributed by atoms with E-state index in [9.17, 15) is 4.79 Å². The Labute approximate surface area is 224 Å².